The Morgan fingerprint density at radius 2 is 2.00 bits per heavy atom. The number of aromatic nitrogens is 5. The minimum absolute atomic E-state index is 0.121. The van der Waals surface area contributed by atoms with Crippen LogP contribution in [-0.2, 0) is 13.2 Å². The topological polar surface area (TPSA) is 100 Å². The number of nitrogen functional groups attached to an aromatic ring is 1. The highest BCUT2D eigenvalue weighted by Crippen LogP contribution is 2.15. The molecule has 0 fully saturated rings. The Morgan fingerprint density at radius 3 is 2.85 bits per heavy atom. The second-order valence-electron chi connectivity index (χ2n) is 6.29. The molecular formula is C19H18N6O2. The minimum Gasteiger partial charge on any atom is -0.487 e. The first kappa shape index (κ1) is 16.8. The first-order chi connectivity index (χ1) is 13.1. The number of hydrogen-bond donors (Lipinski definition) is 1. The molecule has 4 rings (SSSR count). The summed E-state index contributed by atoms with van der Waals surface area (Å²) in [6, 6.07) is 12.5. The molecule has 0 unspecified atom stereocenters. The van der Waals surface area contributed by atoms with Gasteiger partial charge in [-0.3, -0.25) is 9.20 Å². The molecule has 1 aromatic carbocycles. The molecule has 0 spiro atoms. The van der Waals surface area contributed by atoms with Gasteiger partial charge in [-0.05, 0) is 30.7 Å². The van der Waals surface area contributed by atoms with Crippen molar-refractivity contribution in [3.8, 4) is 5.75 Å². The van der Waals surface area contributed by atoms with Crippen molar-refractivity contribution >= 4 is 11.3 Å². The minimum atomic E-state index is -0.121. The van der Waals surface area contributed by atoms with E-state index >= 15 is 0 Å². The third-order valence-corrected chi connectivity index (χ3v) is 4.02. The fourth-order valence-corrected chi connectivity index (χ4v) is 2.75. The van der Waals surface area contributed by atoms with E-state index in [9.17, 15) is 4.79 Å². The number of nitrogens with two attached hydrogens (primary N) is 1. The highest BCUT2D eigenvalue weighted by Gasteiger charge is 2.07. The average Bonchev–Trinajstić information content (AvgIpc) is 3.08. The van der Waals surface area contributed by atoms with E-state index in [1.165, 1.54) is 10.5 Å². The molecule has 0 aliphatic heterocycles. The summed E-state index contributed by atoms with van der Waals surface area (Å²) < 4.78 is 8.82. The van der Waals surface area contributed by atoms with E-state index < -0.39 is 0 Å². The lowest BCUT2D eigenvalue weighted by molar-refractivity contribution is 0.301. The van der Waals surface area contributed by atoms with Crippen LogP contribution in [0.3, 0.4) is 0 Å². The lowest BCUT2D eigenvalue weighted by atomic mass is 10.3. The molecule has 0 aliphatic carbocycles. The van der Waals surface area contributed by atoms with Crippen molar-refractivity contribution in [2.24, 2.45) is 0 Å². The van der Waals surface area contributed by atoms with Crippen LogP contribution in [0.25, 0.3) is 5.65 Å². The van der Waals surface area contributed by atoms with Gasteiger partial charge in [0.1, 0.15) is 23.7 Å². The van der Waals surface area contributed by atoms with Crippen molar-refractivity contribution < 1.29 is 4.74 Å². The maximum atomic E-state index is 12.3. The number of fused-ring (bicyclic) bond motifs is 1. The van der Waals surface area contributed by atoms with Crippen LogP contribution in [0, 0.1) is 6.92 Å². The summed E-state index contributed by atoms with van der Waals surface area (Å²) in [7, 11) is 0. The third-order valence-electron chi connectivity index (χ3n) is 4.02. The van der Waals surface area contributed by atoms with Gasteiger partial charge in [0.25, 0.3) is 5.56 Å². The van der Waals surface area contributed by atoms with Gasteiger partial charge in [0.15, 0.2) is 0 Å². The van der Waals surface area contributed by atoms with E-state index in [1.54, 1.807) is 29.2 Å². The Labute approximate surface area is 154 Å². The number of hydrogen-bond acceptors (Lipinski definition) is 6. The number of pyridine rings is 1. The number of benzene rings is 1. The lowest BCUT2D eigenvalue weighted by Crippen LogP contribution is -2.17. The first-order valence-electron chi connectivity index (χ1n) is 8.43. The van der Waals surface area contributed by atoms with E-state index in [4.69, 9.17) is 10.5 Å². The summed E-state index contributed by atoms with van der Waals surface area (Å²) >= 11 is 0. The Morgan fingerprint density at radius 1 is 1.11 bits per heavy atom. The van der Waals surface area contributed by atoms with Gasteiger partial charge < -0.3 is 10.5 Å². The SMILES string of the molecule is Cc1ccc2nc(Cn3cc(COc4cccc(N)c4)nn3)cc(=O)n2c1. The Kier molecular flexibility index (Phi) is 4.29. The normalized spacial score (nSPS) is 11.0. The maximum absolute atomic E-state index is 12.3. The largest absolute Gasteiger partial charge is 0.487 e. The second kappa shape index (κ2) is 6.91. The van der Waals surface area contributed by atoms with Crippen molar-refractivity contribution in [3.63, 3.8) is 0 Å². The summed E-state index contributed by atoms with van der Waals surface area (Å²) in [5.41, 5.74) is 9.15. The van der Waals surface area contributed by atoms with Crippen LogP contribution in [0.5, 0.6) is 5.75 Å². The standard InChI is InChI=1S/C19H18N6O2/c1-13-5-6-18-21-15(8-19(26)25(18)9-13)10-24-11-16(22-23-24)12-27-17-4-2-3-14(20)7-17/h2-9,11H,10,12,20H2,1H3. The van der Waals surface area contributed by atoms with Crippen molar-refractivity contribution in [3.05, 3.63) is 82.2 Å². The predicted octanol–water partition coefficient (Wildman–Crippen LogP) is 1.80. The number of aryl methyl sites for hydroxylation is 1. The second-order valence-corrected chi connectivity index (χ2v) is 6.29. The molecule has 3 aromatic heterocycles. The highest BCUT2D eigenvalue weighted by atomic mass is 16.5. The summed E-state index contributed by atoms with van der Waals surface area (Å²) in [5.74, 6) is 0.670. The van der Waals surface area contributed by atoms with Crippen molar-refractivity contribution in [2.45, 2.75) is 20.1 Å². The van der Waals surface area contributed by atoms with Gasteiger partial charge in [0.2, 0.25) is 0 Å². The smallest absolute Gasteiger partial charge is 0.258 e. The highest BCUT2D eigenvalue weighted by molar-refractivity contribution is 5.43. The average molecular weight is 362 g/mol. The van der Waals surface area contributed by atoms with Gasteiger partial charge in [-0.1, -0.05) is 17.3 Å². The van der Waals surface area contributed by atoms with Gasteiger partial charge in [-0.25, -0.2) is 9.67 Å². The molecule has 0 radical (unpaired) electrons. The first-order valence-corrected chi connectivity index (χ1v) is 8.43. The molecular weight excluding hydrogens is 344 g/mol. The number of rotatable bonds is 5. The van der Waals surface area contributed by atoms with Crippen LogP contribution in [-0.4, -0.2) is 24.4 Å². The fraction of sp³-hybridized carbons (Fsp3) is 0.158. The summed E-state index contributed by atoms with van der Waals surface area (Å²) in [4.78, 5) is 16.8. The van der Waals surface area contributed by atoms with Crippen LogP contribution < -0.4 is 16.0 Å². The van der Waals surface area contributed by atoms with Crippen LogP contribution in [0.2, 0.25) is 0 Å². The molecule has 27 heavy (non-hydrogen) atoms. The molecule has 0 atom stereocenters. The molecule has 2 N–H and O–H groups in total. The van der Waals surface area contributed by atoms with Gasteiger partial charge in [0, 0.05) is 24.0 Å². The molecule has 4 aromatic rings. The Balaban J connectivity index is 1.48. The third kappa shape index (κ3) is 3.79. The molecule has 3 heterocycles. The van der Waals surface area contributed by atoms with Gasteiger partial charge in [-0.2, -0.15) is 0 Å². The monoisotopic (exact) mass is 362 g/mol. The molecule has 8 nitrogen and oxygen atoms in total. The predicted molar refractivity (Wildman–Crippen MR) is 101 cm³/mol. The summed E-state index contributed by atoms with van der Waals surface area (Å²) in [6.07, 6.45) is 3.54. The lowest BCUT2D eigenvalue weighted by Gasteiger charge is -2.05. The van der Waals surface area contributed by atoms with E-state index in [-0.39, 0.29) is 12.2 Å². The Bertz CT molecular complexity index is 1160. The van der Waals surface area contributed by atoms with E-state index in [1.807, 2.05) is 31.2 Å². The zero-order chi connectivity index (χ0) is 18.8. The van der Waals surface area contributed by atoms with Crippen LogP contribution >= 0.6 is 0 Å². The van der Waals surface area contributed by atoms with E-state index in [2.05, 4.69) is 15.3 Å². The van der Waals surface area contributed by atoms with Crippen molar-refractivity contribution in [1.29, 1.82) is 0 Å². The van der Waals surface area contributed by atoms with E-state index in [0.717, 1.165) is 5.56 Å². The summed E-state index contributed by atoms with van der Waals surface area (Å²) in [5, 5.41) is 8.17. The fourth-order valence-electron chi connectivity index (χ4n) is 2.75. The van der Waals surface area contributed by atoms with Crippen molar-refractivity contribution in [2.75, 3.05) is 5.73 Å². The molecule has 0 aliphatic rings. The molecule has 0 saturated carbocycles. The number of anilines is 1. The van der Waals surface area contributed by atoms with Crippen LogP contribution in [0.4, 0.5) is 5.69 Å². The van der Waals surface area contributed by atoms with E-state index in [0.29, 0.717) is 35.0 Å². The Hall–Kier alpha value is -3.68. The molecule has 8 heteroatoms. The van der Waals surface area contributed by atoms with Gasteiger partial charge >= 0.3 is 0 Å². The van der Waals surface area contributed by atoms with Gasteiger partial charge in [0.05, 0.1) is 18.4 Å². The zero-order valence-corrected chi connectivity index (χ0v) is 14.7. The number of nitrogens with zero attached hydrogens (tertiary/aromatic N) is 5. The van der Waals surface area contributed by atoms with Gasteiger partial charge in [-0.15, -0.1) is 5.10 Å². The molecule has 0 amide bonds. The maximum Gasteiger partial charge on any atom is 0.258 e. The zero-order valence-electron chi connectivity index (χ0n) is 14.7. The molecule has 0 saturated heterocycles. The molecule has 136 valence electrons. The van der Waals surface area contributed by atoms with Crippen LogP contribution in [0.15, 0.2) is 59.7 Å². The van der Waals surface area contributed by atoms with Crippen molar-refractivity contribution in [1.82, 2.24) is 24.4 Å². The number of ether oxygens (including phenoxy) is 1. The van der Waals surface area contributed by atoms with Crippen LogP contribution in [0.1, 0.15) is 17.0 Å². The quantitative estimate of drug-likeness (QED) is 0.544. The molecule has 0 bridgehead atoms. The summed E-state index contributed by atoms with van der Waals surface area (Å²) in [6.45, 7) is 2.56.